The van der Waals surface area contributed by atoms with Crippen LogP contribution in [0.2, 0.25) is 5.15 Å². The lowest BCUT2D eigenvalue weighted by Gasteiger charge is -2.34. The van der Waals surface area contributed by atoms with Gasteiger partial charge < -0.3 is 14.4 Å². The SMILES string of the molecule is COc1nc(Cl)c(/C=C/COS(C)(=O)=O)cc1C1CCN(C(=O)OC(C)(C)C)CC1. The van der Waals surface area contributed by atoms with Crippen LogP contribution in [-0.2, 0) is 19.0 Å². The van der Waals surface area contributed by atoms with E-state index >= 15 is 0 Å². The van der Waals surface area contributed by atoms with Gasteiger partial charge in [0.2, 0.25) is 5.88 Å². The number of aromatic nitrogens is 1. The molecule has 2 heterocycles. The van der Waals surface area contributed by atoms with Crippen LogP contribution in [0.1, 0.15) is 50.7 Å². The summed E-state index contributed by atoms with van der Waals surface area (Å²) in [5, 5.41) is 0.248. The highest BCUT2D eigenvalue weighted by Crippen LogP contribution is 2.36. The van der Waals surface area contributed by atoms with Crippen LogP contribution in [0.5, 0.6) is 5.88 Å². The van der Waals surface area contributed by atoms with E-state index in [0.29, 0.717) is 24.5 Å². The number of nitrogens with zero attached hydrogens (tertiary/aromatic N) is 2. The van der Waals surface area contributed by atoms with Crippen molar-refractivity contribution in [3.63, 3.8) is 0 Å². The van der Waals surface area contributed by atoms with Crippen molar-refractivity contribution in [2.45, 2.75) is 45.1 Å². The van der Waals surface area contributed by atoms with E-state index in [2.05, 4.69) is 4.98 Å². The first kappa shape index (κ1) is 24.4. The second-order valence-corrected chi connectivity index (χ2v) is 10.1. The number of piperidine rings is 1. The number of methoxy groups -OCH3 is 1. The maximum Gasteiger partial charge on any atom is 0.410 e. The monoisotopic (exact) mass is 460 g/mol. The molecule has 168 valence electrons. The van der Waals surface area contributed by atoms with E-state index in [9.17, 15) is 13.2 Å². The molecule has 0 spiro atoms. The topological polar surface area (TPSA) is 95.0 Å². The van der Waals surface area contributed by atoms with E-state index < -0.39 is 15.7 Å². The van der Waals surface area contributed by atoms with Gasteiger partial charge >= 0.3 is 6.09 Å². The van der Waals surface area contributed by atoms with Gasteiger partial charge in [0, 0.05) is 24.2 Å². The summed E-state index contributed by atoms with van der Waals surface area (Å²) in [5.41, 5.74) is 1.01. The predicted molar refractivity (Wildman–Crippen MR) is 115 cm³/mol. The third-order valence-electron chi connectivity index (χ3n) is 4.45. The first-order valence-electron chi connectivity index (χ1n) is 9.63. The van der Waals surface area contributed by atoms with Crippen molar-refractivity contribution in [3.05, 3.63) is 28.4 Å². The summed E-state index contributed by atoms with van der Waals surface area (Å²) in [6.45, 7) is 6.58. The minimum Gasteiger partial charge on any atom is -0.481 e. The normalized spacial score (nSPS) is 16.1. The molecule has 1 aromatic rings. The lowest BCUT2D eigenvalue weighted by Crippen LogP contribution is -2.41. The van der Waals surface area contributed by atoms with Gasteiger partial charge in [0.25, 0.3) is 10.1 Å². The Labute approximate surface area is 183 Å². The van der Waals surface area contributed by atoms with Crippen LogP contribution in [0.25, 0.3) is 6.08 Å². The summed E-state index contributed by atoms with van der Waals surface area (Å²) < 4.78 is 37.7. The highest BCUT2D eigenvalue weighted by Gasteiger charge is 2.29. The molecule has 0 radical (unpaired) electrons. The molecule has 1 saturated heterocycles. The van der Waals surface area contributed by atoms with Crippen molar-refractivity contribution in [1.29, 1.82) is 0 Å². The van der Waals surface area contributed by atoms with Gasteiger partial charge in [-0.3, -0.25) is 4.18 Å². The van der Waals surface area contributed by atoms with E-state index in [1.807, 2.05) is 26.8 Å². The number of hydrogen-bond acceptors (Lipinski definition) is 7. The Balaban J connectivity index is 2.11. The quantitative estimate of drug-likeness (QED) is 0.470. The Morgan fingerprint density at radius 2 is 1.97 bits per heavy atom. The molecule has 2 rings (SSSR count). The Bertz CT molecular complexity index is 887. The van der Waals surface area contributed by atoms with Gasteiger partial charge in [-0.25, -0.2) is 9.78 Å². The average molecular weight is 461 g/mol. The van der Waals surface area contributed by atoms with Crippen LogP contribution in [-0.4, -0.2) is 63.1 Å². The van der Waals surface area contributed by atoms with E-state index in [1.54, 1.807) is 17.1 Å². The molecule has 1 aliphatic heterocycles. The molecular weight excluding hydrogens is 432 g/mol. The minimum absolute atomic E-state index is 0.0925. The van der Waals surface area contributed by atoms with Crippen LogP contribution < -0.4 is 4.74 Å². The number of likely N-dealkylation sites (tertiary alicyclic amines) is 1. The summed E-state index contributed by atoms with van der Waals surface area (Å²) in [5.74, 6) is 0.586. The van der Waals surface area contributed by atoms with Gasteiger partial charge in [0.15, 0.2) is 0 Å². The van der Waals surface area contributed by atoms with E-state index in [4.69, 9.17) is 25.3 Å². The number of ether oxygens (including phenoxy) is 2. The van der Waals surface area contributed by atoms with Gasteiger partial charge in [-0.05, 0) is 45.6 Å². The zero-order valence-corrected chi connectivity index (χ0v) is 19.5. The number of rotatable bonds is 6. The van der Waals surface area contributed by atoms with Gasteiger partial charge in [-0.15, -0.1) is 0 Å². The number of halogens is 1. The van der Waals surface area contributed by atoms with Gasteiger partial charge in [-0.1, -0.05) is 23.8 Å². The second-order valence-electron chi connectivity index (χ2n) is 8.10. The van der Waals surface area contributed by atoms with Crippen LogP contribution in [0.15, 0.2) is 12.1 Å². The fraction of sp³-hybridized carbons (Fsp3) is 0.600. The van der Waals surface area contributed by atoms with E-state index in [-0.39, 0.29) is 23.8 Å². The highest BCUT2D eigenvalue weighted by atomic mass is 35.5. The molecule has 0 bridgehead atoms. The Kier molecular flexibility index (Phi) is 8.13. The average Bonchev–Trinajstić information content (AvgIpc) is 2.64. The smallest absolute Gasteiger partial charge is 0.410 e. The molecule has 30 heavy (non-hydrogen) atoms. The molecule has 0 aliphatic carbocycles. The predicted octanol–water partition coefficient (Wildman–Crippen LogP) is 3.85. The number of amides is 1. The molecule has 0 saturated carbocycles. The molecule has 8 nitrogen and oxygen atoms in total. The maximum atomic E-state index is 12.3. The highest BCUT2D eigenvalue weighted by molar-refractivity contribution is 7.85. The first-order chi connectivity index (χ1) is 13.9. The zero-order chi connectivity index (χ0) is 22.5. The molecule has 1 aliphatic rings. The van der Waals surface area contributed by atoms with Gasteiger partial charge in [0.1, 0.15) is 10.8 Å². The Morgan fingerprint density at radius 3 is 2.50 bits per heavy atom. The van der Waals surface area contributed by atoms with E-state index in [1.165, 1.54) is 7.11 Å². The minimum atomic E-state index is -3.51. The molecule has 1 fully saturated rings. The molecule has 10 heteroatoms. The second kappa shape index (κ2) is 9.98. The molecule has 0 atom stereocenters. The summed E-state index contributed by atoms with van der Waals surface area (Å²) in [7, 11) is -1.98. The molecule has 1 aromatic heterocycles. The number of pyridine rings is 1. The fourth-order valence-corrected chi connectivity index (χ4v) is 3.64. The lowest BCUT2D eigenvalue weighted by atomic mass is 9.89. The summed E-state index contributed by atoms with van der Waals surface area (Å²) in [6, 6.07) is 1.89. The largest absolute Gasteiger partial charge is 0.481 e. The molecule has 0 aromatic carbocycles. The fourth-order valence-electron chi connectivity index (χ4n) is 3.12. The molecule has 1 amide bonds. The van der Waals surface area contributed by atoms with Crippen LogP contribution >= 0.6 is 11.6 Å². The van der Waals surface area contributed by atoms with E-state index in [0.717, 1.165) is 24.7 Å². The van der Waals surface area contributed by atoms with Crippen LogP contribution in [0.4, 0.5) is 4.79 Å². The molecular formula is C20H29ClN2O6S. The van der Waals surface area contributed by atoms with Crippen molar-refractivity contribution in [2.75, 3.05) is 33.1 Å². The first-order valence-corrected chi connectivity index (χ1v) is 11.8. The number of carbonyl (C=O) groups excluding carboxylic acids is 1. The maximum absolute atomic E-state index is 12.3. The summed E-state index contributed by atoms with van der Waals surface area (Å²) in [4.78, 5) is 18.3. The van der Waals surface area contributed by atoms with Crippen molar-refractivity contribution < 1.29 is 26.9 Å². The third kappa shape index (κ3) is 7.45. The van der Waals surface area contributed by atoms with Crippen LogP contribution in [0, 0.1) is 0 Å². The standard InChI is InChI=1S/C20H29ClN2O6S/c1-20(2,3)29-19(24)23-10-8-14(9-11-23)16-13-15(17(21)22-18(16)27-4)7-6-12-28-30(5,25)26/h6-7,13-14H,8-12H2,1-5H3/b7-6+. The Morgan fingerprint density at radius 1 is 1.33 bits per heavy atom. The summed E-state index contributed by atoms with van der Waals surface area (Å²) >= 11 is 6.24. The van der Waals surface area contributed by atoms with Gasteiger partial charge in [0.05, 0.1) is 20.0 Å². The third-order valence-corrected chi connectivity index (χ3v) is 5.32. The van der Waals surface area contributed by atoms with Crippen molar-refractivity contribution in [1.82, 2.24) is 9.88 Å². The summed E-state index contributed by atoms with van der Waals surface area (Å²) in [6.07, 6.45) is 5.38. The Hall–Kier alpha value is -1.84. The van der Waals surface area contributed by atoms with Crippen molar-refractivity contribution in [2.24, 2.45) is 0 Å². The van der Waals surface area contributed by atoms with Gasteiger partial charge in [-0.2, -0.15) is 8.42 Å². The van der Waals surface area contributed by atoms with Crippen molar-refractivity contribution >= 4 is 33.9 Å². The number of hydrogen-bond donors (Lipinski definition) is 0. The molecule has 0 unspecified atom stereocenters. The zero-order valence-electron chi connectivity index (χ0n) is 18.0. The molecule has 0 N–H and O–H groups in total. The number of carbonyl (C=O) groups is 1. The lowest BCUT2D eigenvalue weighted by molar-refractivity contribution is 0.0204. The van der Waals surface area contributed by atoms with Crippen molar-refractivity contribution in [3.8, 4) is 5.88 Å². The van der Waals surface area contributed by atoms with Crippen LogP contribution in [0.3, 0.4) is 0 Å².